The minimum atomic E-state index is -0.0795. The van der Waals surface area contributed by atoms with Gasteiger partial charge in [-0.1, -0.05) is 42.1 Å². The molecule has 2 heterocycles. The highest BCUT2D eigenvalue weighted by atomic mass is 32.2. The molecule has 0 fully saturated rings. The van der Waals surface area contributed by atoms with Crippen molar-refractivity contribution in [2.24, 2.45) is 0 Å². The van der Waals surface area contributed by atoms with Gasteiger partial charge in [0, 0.05) is 18.5 Å². The molecule has 0 spiro atoms. The van der Waals surface area contributed by atoms with Gasteiger partial charge in [-0.05, 0) is 44.5 Å². The second kappa shape index (κ2) is 10.8. The number of nitrogens with one attached hydrogen (secondary N) is 1. The molecule has 0 radical (unpaired) electrons. The number of amides is 1. The molecule has 1 atom stereocenters. The van der Waals surface area contributed by atoms with Gasteiger partial charge in [0.2, 0.25) is 5.91 Å². The Hall–Kier alpha value is -2.20. The number of thiophene rings is 1. The van der Waals surface area contributed by atoms with Crippen molar-refractivity contribution < 1.29 is 9.53 Å². The average Bonchev–Trinajstić information content (AvgIpc) is 3.39. The van der Waals surface area contributed by atoms with Crippen molar-refractivity contribution in [2.45, 2.75) is 37.0 Å². The predicted molar refractivity (Wildman–Crippen MR) is 134 cm³/mol. The Kier molecular flexibility index (Phi) is 7.85. The molecule has 1 N–H and O–H groups in total. The molecule has 7 nitrogen and oxygen atoms in total. The van der Waals surface area contributed by atoms with Crippen molar-refractivity contribution in [3.8, 4) is 0 Å². The largest absolute Gasteiger partial charge is 0.383 e. The Balaban J connectivity index is 1.48. The molecular weight excluding hydrogens is 456 g/mol. The Bertz CT molecular complexity index is 1170. The third kappa shape index (κ3) is 5.32. The third-order valence-electron chi connectivity index (χ3n) is 5.94. The monoisotopic (exact) mass is 486 g/mol. The summed E-state index contributed by atoms with van der Waals surface area (Å²) in [5.41, 5.74) is 2.31. The average molecular weight is 487 g/mol. The maximum atomic E-state index is 13.3. The van der Waals surface area contributed by atoms with Crippen molar-refractivity contribution in [2.75, 3.05) is 40.1 Å². The van der Waals surface area contributed by atoms with Gasteiger partial charge in [-0.2, -0.15) is 0 Å². The number of carbonyl (C=O) groups excluding carboxylic acids is 1. The zero-order chi connectivity index (χ0) is 23.4. The van der Waals surface area contributed by atoms with Crippen LogP contribution in [0.5, 0.6) is 0 Å². The lowest BCUT2D eigenvalue weighted by molar-refractivity contribution is -0.118. The topological polar surface area (TPSA) is 76.5 Å². The van der Waals surface area contributed by atoms with Gasteiger partial charge < -0.3 is 15.0 Å². The first-order chi connectivity index (χ1) is 16.0. The number of fused-ring (bicyclic) bond motifs is 3. The molecule has 0 saturated carbocycles. The number of rotatable bonds is 10. The fourth-order valence-corrected chi connectivity index (χ4v) is 6.37. The van der Waals surface area contributed by atoms with Gasteiger partial charge in [-0.3, -0.25) is 14.2 Å². The molecule has 1 aliphatic rings. The standard InChI is InChI=1S/C24H30N4O3S2/c1-27(2)18(16-8-5-4-6-9-16)14-25-20(29)15-32-24-26-22-21(17-10-7-11-19(17)33-22)23(30)28(24)12-13-31-3/h4-6,8-9,18H,7,10-15H2,1-3H3,(H,25,29)/t18-/m0/s1. The Morgan fingerprint density at radius 3 is 2.82 bits per heavy atom. The molecule has 2 aromatic heterocycles. The summed E-state index contributed by atoms with van der Waals surface area (Å²) in [4.78, 5) is 35.0. The smallest absolute Gasteiger partial charge is 0.263 e. The van der Waals surface area contributed by atoms with Crippen LogP contribution < -0.4 is 10.9 Å². The van der Waals surface area contributed by atoms with Crippen molar-refractivity contribution in [1.82, 2.24) is 19.8 Å². The number of thioether (sulfide) groups is 1. The number of aryl methyl sites for hydroxylation is 2. The Morgan fingerprint density at radius 2 is 2.09 bits per heavy atom. The number of hydrogen-bond donors (Lipinski definition) is 1. The first-order valence-electron chi connectivity index (χ1n) is 11.1. The van der Waals surface area contributed by atoms with E-state index in [0.717, 1.165) is 35.0 Å². The summed E-state index contributed by atoms with van der Waals surface area (Å²) < 4.78 is 6.89. The number of aromatic nitrogens is 2. The van der Waals surface area contributed by atoms with Gasteiger partial charge in [0.05, 0.1) is 30.3 Å². The Morgan fingerprint density at radius 1 is 1.30 bits per heavy atom. The highest BCUT2D eigenvalue weighted by molar-refractivity contribution is 7.99. The van der Waals surface area contributed by atoms with Crippen LogP contribution in [0.3, 0.4) is 0 Å². The predicted octanol–water partition coefficient (Wildman–Crippen LogP) is 3.10. The number of nitrogens with zero attached hydrogens (tertiary/aromatic N) is 3. The van der Waals surface area contributed by atoms with E-state index < -0.39 is 0 Å². The molecule has 0 saturated heterocycles. The van der Waals surface area contributed by atoms with Crippen LogP contribution in [-0.2, 0) is 28.9 Å². The van der Waals surface area contributed by atoms with Crippen LogP contribution in [0.15, 0.2) is 40.3 Å². The fraction of sp³-hybridized carbons (Fsp3) is 0.458. The van der Waals surface area contributed by atoms with E-state index in [1.54, 1.807) is 23.0 Å². The minimum absolute atomic E-state index is 0.0175. The van der Waals surface area contributed by atoms with Gasteiger partial charge in [0.15, 0.2) is 5.16 Å². The first-order valence-corrected chi connectivity index (χ1v) is 12.9. The third-order valence-corrected chi connectivity index (χ3v) is 8.10. The highest BCUT2D eigenvalue weighted by Gasteiger charge is 2.23. The molecule has 3 aromatic rings. The molecule has 0 aliphatic heterocycles. The van der Waals surface area contributed by atoms with Gasteiger partial charge in [-0.25, -0.2) is 4.98 Å². The number of carbonyl (C=O) groups is 1. The van der Waals surface area contributed by atoms with Crippen molar-refractivity contribution in [3.63, 3.8) is 0 Å². The summed E-state index contributed by atoms with van der Waals surface area (Å²) in [5.74, 6) is 0.120. The SMILES string of the molecule is COCCn1c(SCC(=O)NC[C@@H](c2ccccc2)N(C)C)nc2sc3c(c2c1=O)CCC3. The van der Waals surface area contributed by atoms with E-state index in [1.807, 2.05) is 32.3 Å². The zero-order valence-corrected chi connectivity index (χ0v) is 20.9. The molecule has 0 unspecified atom stereocenters. The molecule has 1 aromatic carbocycles. The summed E-state index contributed by atoms with van der Waals surface area (Å²) in [6.45, 7) is 1.35. The first kappa shape index (κ1) is 23.9. The quantitative estimate of drug-likeness (QED) is 0.351. The second-order valence-electron chi connectivity index (χ2n) is 8.36. The van der Waals surface area contributed by atoms with E-state index >= 15 is 0 Å². The molecular formula is C24H30N4O3S2. The van der Waals surface area contributed by atoms with Crippen LogP contribution in [0, 0.1) is 0 Å². The van der Waals surface area contributed by atoms with Gasteiger partial charge in [-0.15, -0.1) is 11.3 Å². The summed E-state index contributed by atoms with van der Waals surface area (Å²) in [5, 5.41) is 4.37. The highest BCUT2D eigenvalue weighted by Crippen LogP contribution is 2.35. The van der Waals surface area contributed by atoms with Crippen LogP contribution >= 0.6 is 23.1 Å². The lowest BCUT2D eigenvalue weighted by Gasteiger charge is -2.25. The van der Waals surface area contributed by atoms with Crippen LogP contribution in [0.2, 0.25) is 0 Å². The summed E-state index contributed by atoms with van der Waals surface area (Å²) in [6, 6.07) is 10.2. The number of hydrogen-bond acceptors (Lipinski definition) is 7. The maximum Gasteiger partial charge on any atom is 0.263 e. The van der Waals surface area contributed by atoms with Crippen LogP contribution in [0.25, 0.3) is 10.2 Å². The molecule has 1 aliphatic carbocycles. The van der Waals surface area contributed by atoms with Gasteiger partial charge in [0.1, 0.15) is 4.83 Å². The van der Waals surface area contributed by atoms with Crippen LogP contribution in [0.1, 0.15) is 28.5 Å². The molecule has 176 valence electrons. The number of likely N-dealkylation sites (N-methyl/N-ethyl adjacent to an activating group) is 1. The van der Waals surface area contributed by atoms with E-state index in [9.17, 15) is 9.59 Å². The summed E-state index contributed by atoms with van der Waals surface area (Å²) in [6.07, 6.45) is 3.06. The number of benzene rings is 1. The Labute approximate surface area is 202 Å². The summed E-state index contributed by atoms with van der Waals surface area (Å²) >= 11 is 2.93. The molecule has 4 rings (SSSR count). The van der Waals surface area contributed by atoms with E-state index in [2.05, 4.69) is 22.3 Å². The molecule has 33 heavy (non-hydrogen) atoms. The number of methoxy groups -OCH3 is 1. The number of ether oxygens (including phenoxy) is 1. The van der Waals surface area contributed by atoms with Crippen LogP contribution in [0.4, 0.5) is 0 Å². The van der Waals surface area contributed by atoms with Gasteiger partial charge in [0.25, 0.3) is 5.56 Å². The summed E-state index contributed by atoms with van der Waals surface area (Å²) in [7, 11) is 5.63. The van der Waals surface area contributed by atoms with Gasteiger partial charge >= 0.3 is 0 Å². The van der Waals surface area contributed by atoms with Crippen molar-refractivity contribution in [1.29, 1.82) is 0 Å². The minimum Gasteiger partial charge on any atom is -0.383 e. The second-order valence-corrected chi connectivity index (χ2v) is 10.4. The molecule has 0 bridgehead atoms. The zero-order valence-electron chi connectivity index (χ0n) is 19.3. The molecule has 9 heteroatoms. The maximum absolute atomic E-state index is 13.3. The lowest BCUT2D eigenvalue weighted by Crippen LogP contribution is -2.35. The van der Waals surface area contributed by atoms with E-state index in [1.165, 1.54) is 22.2 Å². The van der Waals surface area contributed by atoms with Crippen LogP contribution in [-0.4, -0.2) is 60.5 Å². The normalized spacial score (nSPS) is 14.1. The molecule has 1 amide bonds. The van der Waals surface area contributed by atoms with Crippen molar-refractivity contribution in [3.05, 3.63) is 56.7 Å². The van der Waals surface area contributed by atoms with E-state index in [0.29, 0.717) is 24.9 Å². The fourth-order valence-electron chi connectivity index (χ4n) is 4.21. The van der Waals surface area contributed by atoms with E-state index in [4.69, 9.17) is 9.72 Å². The van der Waals surface area contributed by atoms with Crippen molar-refractivity contribution >= 4 is 39.2 Å². The van der Waals surface area contributed by atoms with E-state index in [-0.39, 0.29) is 23.3 Å². The lowest BCUT2D eigenvalue weighted by atomic mass is 10.1.